The van der Waals surface area contributed by atoms with Gasteiger partial charge in [-0.15, -0.1) is 0 Å². The Kier molecular flexibility index (Phi) is 3.02. The van der Waals surface area contributed by atoms with E-state index in [-0.39, 0.29) is 24.8 Å². The summed E-state index contributed by atoms with van der Waals surface area (Å²) in [6.45, 7) is 3.77. The predicted molar refractivity (Wildman–Crippen MR) is 63.2 cm³/mol. The molecule has 1 N–H and O–H groups in total. The molecule has 0 unspecified atom stereocenters. The average molecular weight is 239 g/mol. The zero-order chi connectivity index (χ0) is 12.7. The third-order valence-electron chi connectivity index (χ3n) is 3.96. The van der Waals surface area contributed by atoms with Crippen LogP contribution in [0.15, 0.2) is 0 Å². The van der Waals surface area contributed by atoms with Crippen LogP contribution >= 0.6 is 0 Å². The SMILES string of the molecule is CC1(C)CC(=O)N(CC2(O)CCCCC2)C1=O. The van der Waals surface area contributed by atoms with Gasteiger partial charge in [-0.1, -0.05) is 33.1 Å². The van der Waals surface area contributed by atoms with E-state index in [0.717, 1.165) is 19.3 Å². The molecule has 0 spiro atoms. The number of nitrogens with zero attached hydrogens (tertiary/aromatic N) is 1. The van der Waals surface area contributed by atoms with Gasteiger partial charge < -0.3 is 5.11 Å². The van der Waals surface area contributed by atoms with Gasteiger partial charge in [0.25, 0.3) is 0 Å². The molecule has 2 aliphatic rings. The molecule has 2 amide bonds. The summed E-state index contributed by atoms with van der Waals surface area (Å²) in [5.74, 6) is -0.277. The van der Waals surface area contributed by atoms with Crippen LogP contribution in [0.3, 0.4) is 0 Å². The van der Waals surface area contributed by atoms with Gasteiger partial charge in [0.15, 0.2) is 0 Å². The van der Waals surface area contributed by atoms with Crippen molar-refractivity contribution in [1.29, 1.82) is 0 Å². The van der Waals surface area contributed by atoms with Gasteiger partial charge in [0.1, 0.15) is 0 Å². The highest BCUT2D eigenvalue weighted by atomic mass is 16.3. The number of amides is 2. The second-order valence-corrected chi connectivity index (χ2v) is 6.13. The number of β-amino-alcohol motifs (C(OH)–C–C–N with tert-alkyl or cyclic N) is 1. The summed E-state index contributed by atoms with van der Waals surface area (Å²) in [7, 11) is 0. The van der Waals surface area contributed by atoms with Gasteiger partial charge in [-0.05, 0) is 12.8 Å². The second kappa shape index (κ2) is 4.09. The van der Waals surface area contributed by atoms with Gasteiger partial charge >= 0.3 is 0 Å². The van der Waals surface area contributed by atoms with E-state index < -0.39 is 11.0 Å². The lowest BCUT2D eigenvalue weighted by Gasteiger charge is -2.35. The lowest BCUT2D eigenvalue weighted by Crippen LogP contribution is -2.47. The highest BCUT2D eigenvalue weighted by Crippen LogP contribution is 2.35. The first-order valence-electron chi connectivity index (χ1n) is 6.41. The van der Waals surface area contributed by atoms with Crippen molar-refractivity contribution in [3.8, 4) is 0 Å². The molecule has 1 aliphatic carbocycles. The predicted octanol–water partition coefficient (Wildman–Crippen LogP) is 1.47. The van der Waals surface area contributed by atoms with E-state index in [9.17, 15) is 14.7 Å². The summed E-state index contributed by atoms with van der Waals surface area (Å²) in [6.07, 6.45) is 4.76. The van der Waals surface area contributed by atoms with Gasteiger partial charge in [-0.3, -0.25) is 14.5 Å². The van der Waals surface area contributed by atoms with Gasteiger partial charge in [-0.2, -0.15) is 0 Å². The molecule has 0 aromatic carbocycles. The molecule has 1 aliphatic heterocycles. The maximum atomic E-state index is 12.0. The molecule has 2 rings (SSSR count). The Hall–Kier alpha value is -0.900. The van der Waals surface area contributed by atoms with Gasteiger partial charge in [0, 0.05) is 6.42 Å². The van der Waals surface area contributed by atoms with Crippen LogP contribution in [0.25, 0.3) is 0 Å². The first-order chi connectivity index (χ1) is 7.84. The Balaban J connectivity index is 2.08. The molecule has 0 aromatic rings. The zero-order valence-corrected chi connectivity index (χ0v) is 10.7. The second-order valence-electron chi connectivity index (χ2n) is 6.13. The standard InChI is InChI=1S/C13H21NO3/c1-12(2)8-10(15)14(11(12)16)9-13(17)6-4-3-5-7-13/h17H,3-9H2,1-2H3. The van der Waals surface area contributed by atoms with Crippen LogP contribution in [0.2, 0.25) is 0 Å². The van der Waals surface area contributed by atoms with Crippen LogP contribution in [0, 0.1) is 5.41 Å². The van der Waals surface area contributed by atoms with E-state index >= 15 is 0 Å². The lowest BCUT2D eigenvalue weighted by atomic mass is 9.84. The first-order valence-corrected chi connectivity index (χ1v) is 6.41. The fraction of sp³-hybridized carbons (Fsp3) is 0.846. The van der Waals surface area contributed by atoms with Crippen LogP contribution in [-0.2, 0) is 9.59 Å². The quantitative estimate of drug-likeness (QED) is 0.742. The molecule has 1 saturated heterocycles. The Bertz CT molecular complexity index is 343. The Labute approximate surface area is 102 Å². The van der Waals surface area contributed by atoms with Crippen molar-refractivity contribution < 1.29 is 14.7 Å². The minimum absolute atomic E-state index is 0.138. The smallest absolute Gasteiger partial charge is 0.235 e. The molecule has 17 heavy (non-hydrogen) atoms. The van der Waals surface area contributed by atoms with Crippen LogP contribution < -0.4 is 0 Å². The highest BCUT2D eigenvalue weighted by Gasteiger charge is 2.47. The minimum atomic E-state index is -0.843. The Morgan fingerprint density at radius 1 is 1.18 bits per heavy atom. The molecular formula is C13H21NO3. The van der Waals surface area contributed by atoms with E-state index in [1.54, 1.807) is 13.8 Å². The van der Waals surface area contributed by atoms with Crippen molar-refractivity contribution in [3.63, 3.8) is 0 Å². The summed E-state index contributed by atoms with van der Waals surface area (Å²) in [5.41, 5.74) is -1.44. The van der Waals surface area contributed by atoms with Crippen molar-refractivity contribution >= 4 is 11.8 Å². The van der Waals surface area contributed by atoms with Crippen molar-refractivity contribution in [3.05, 3.63) is 0 Å². The summed E-state index contributed by atoms with van der Waals surface area (Å²) in [5, 5.41) is 10.4. The van der Waals surface area contributed by atoms with Crippen molar-refractivity contribution in [2.75, 3.05) is 6.54 Å². The molecule has 2 fully saturated rings. The number of hydrogen-bond acceptors (Lipinski definition) is 3. The van der Waals surface area contributed by atoms with Crippen LogP contribution in [0.4, 0.5) is 0 Å². The van der Waals surface area contributed by atoms with Crippen molar-refractivity contribution in [2.24, 2.45) is 5.41 Å². The molecule has 96 valence electrons. The third kappa shape index (κ3) is 2.37. The molecule has 0 radical (unpaired) electrons. The van der Waals surface area contributed by atoms with E-state index in [2.05, 4.69) is 0 Å². The Morgan fingerprint density at radius 3 is 2.24 bits per heavy atom. The summed E-state index contributed by atoms with van der Waals surface area (Å²) in [6, 6.07) is 0. The largest absolute Gasteiger partial charge is 0.388 e. The highest BCUT2D eigenvalue weighted by molar-refractivity contribution is 6.05. The van der Waals surface area contributed by atoms with E-state index in [1.807, 2.05) is 0 Å². The van der Waals surface area contributed by atoms with Gasteiger partial charge in [0.2, 0.25) is 11.8 Å². The number of likely N-dealkylation sites (tertiary alicyclic amines) is 1. The molecular weight excluding hydrogens is 218 g/mol. The number of imide groups is 1. The van der Waals surface area contributed by atoms with Crippen LogP contribution in [0.5, 0.6) is 0 Å². The van der Waals surface area contributed by atoms with Crippen LogP contribution in [-0.4, -0.2) is 34.0 Å². The lowest BCUT2D eigenvalue weighted by molar-refractivity contribution is -0.146. The molecule has 0 atom stereocenters. The van der Waals surface area contributed by atoms with Crippen LogP contribution in [0.1, 0.15) is 52.4 Å². The number of carbonyl (C=O) groups is 2. The molecule has 1 heterocycles. The maximum Gasteiger partial charge on any atom is 0.235 e. The minimum Gasteiger partial charge on any atom is -0.388 e. The normalized spacial score (nSPS) is 27.6. The number of hydrogen-bond donors (Lipinski definition) is 1. The fourth-order valence-corrected chi connectivity index (χ4v) is 2.85. The third-order valence-corrected chi connectivity index (χ3v) is 3.96. The zero-order valence-electron chi connectivity index (χ0n) is 10.7. The monoisotopic (exact) mass is 239 g/mol. The maximum absolute atomic E-state index is 12.0. The average Bonchev–Trinajstić information content (AvgIpc) is 2.42. The topological polar surface area (TPSA) is 57.6 Å². The molecule has 4 heteroatoms. The van der Waals surface area contributed by atoms with Crippen molar-refractivity contribution in [2.45, 2.75) is 58.0 Å². The summed E-state index contributed by atoms with van der Waals surface area (Å²) in [4.78, 5) is 25.1. The molecule has 0 aromatic heterocycles. The fourth-order valence-electron chi connectivity index (χ4n) is 2.85. The van der Waals surface area contributed by atoms with E-state index in [0.29, 0.717) is 12.8 Å². The molecule has 4 nitrogen and oxygen atoms in total. The molecule has 1 saturated carbocycles. The number of aliphatic hydroxyl groups is 1. The summed E-state index contributed by atoms with van der Waals surface area (Å²) < 4.78 is 0. The van der Waals surface area contributed by atoms with E-state index in [4.69, 9.17) is 0 Å². The molecule has 0 bridgehead atoms. The summed E-state index contributed by atoms with van der Waals surface area (Å²) >= 11 is 0. The Morgan fingerprint density at radius 2 is 1.76 bits per heavy atom. The first kappa shape index (κ1) is 12.6. The number of carbonyl (C=O) groups excluding carboxylic acids is 2. The van der Waals surface area contributed by atoms with Gasteiger partial charge in [0.05, 0.1) is 17.6 Å². The van der Waals surface area contributed by atoms with Crippen molar-refractivity contribution in [1.82, 2.24) is 4.90 Å². The number of rotatable bonds is 2. The van der Waals surface area contributed by atoms with Gasteiger partial charge in [-0.25, -0.2) is 0 Å². The van der Waals surface area contributed by atoms with E-state index in [1.165, 1.54) is 4.90 Å².